The highest BCUT2D eigenvalue weighted by atomic mass is 32.1. The van der Waals surface area contributed by atoms with Crippen molar-refractivity contribution in [2.75, 3.05) is 14.2 Å². The van der Waals surface area contributed by atoms with Crippen LogP contribution in [0.5, 0.6) is 0 Å². The lowest BCUT2D eigenvalue weighted by Gasteiger charge is -2.15. The SMILES string of the molecule is CON(C)C(=O)c1c(C(C)C)sc2cncn12. The zero-order valence-electron chi connectivity index (χ0n) is 10.3. The molecule has 1 amide bonds. The van der Waals surface area contributed by atoms with Gasteiger partial charge in [-0.1, -0.05) is 13.8 Å². The molecule has 0 aliphatic heterocycles. The standard InChI is InChI=1S/C11H15N3O2S/c1-7(2)10-9(11(15)13(3)16-4)14-6-12-5-8(14)17-10/h5-7H,1-4H3. The monoisotopic (exact) mass is 253 g/mol. The van der Waals surface area contributed by atoms with Gasteiger partial charge in [-0.15, -0.1) is 11.3 Å². The van der Waals surface area contributed by atoms with Gasteiger partial charge in [0.2, 0.25) is 0 Å². The smallest absolute Gasteiger partial charge is 0.285 e. The number of hydroxylamine groups is 2. The van der Waals surface area contributed by atoms with E-state index in [1.54, 1.807) is 30.9 Å². The zero-order valence-corrected chi connectivity index (χ0v) is 11.1. The van der Waals surface area contributed by atoms with E-state index in [2.05, 4.69) is 18.8 Å². The molecule has 0 fully saturated rings. The molecule has 0 aliphatic rings. The maximum Gasteiger partial charge on any atom is 0.295 e. The molecule has 2 heterocycles. The molecule has 0 bridgehead atoms. The van der Waals surface area contributed by atoms with Crippen molar-refractivity contribution in [2.24, 2.45) is 0 Å². The largest absolute Gasteiger partial charge is 0.295 e. The second-order valence-corrected chi connectivity index (χ2v) is 5.12. The lowest BCUT2D eigenvalue weighted by Crippen LogP contribution is -2.27. The maximum absolute atomic E-state index is 12.2. The van der Waals surface area contributed by atoms with Crippen molar-refractivity contribution in [1.29, 1.82) is 0 Å². The average Bonchev–Trinajstić information content (AvgIpc) is 2.85. The molecule has 0 saturated heterocycles. The number of fused-ring (bicyclic) bond motifs is 1. The van der Waals surface area contributed by atoms with Gasteiger partial charge in [-0.05, 0) is 5.92 Å². The summed E-state index contributed by atoms with van der Waals surface area (Å²) >= 11 is 1.59. The molecule has 2 rings (SSSR count). The van der Waals surface area contributed by atoms with Gasteiger partial charge in [-0.2, -0.15) is 0 Å². The molecule has 92 valence electrons. The Morgan fingerprint density at radius 1 is 1.59 bits per heavy atom. The number of thiazole rings is 1. The Balaban J connectivity index is 2.59. The van der Waals surface area contributed by atoms with Gasteiger partial charge in [0, 0.05) is 11.9 Å². The first-order chi connectivity index (χ1) is 8.06. The Kier molecular flexibility index (Phi) is 3.17. The van der Waals surface area contributed by atoms with Crippen molar-refractivity contribution in [2.45, 2.75) is 19.8 Å². The van der Waals surface area contributed by atoms with Gasteiger partial charge in [0.25, 0.3) is 5.91 Å². The first-order valence-electron chi connectivity index (χ1n) is 5.33. The zero-order chi connectivity index (χ0) is 12.6. The van der Waals surface area contributed by atoms with Gasteiger partial charge in [0.15, 0.2) is 0 Å². The number of hydrogen-bond acceptors (Lipinski definition) is 4. The highest BCUT2D eigenvalue weighted by Gasteiger charge is 2.23. The van der Waals surface area contributed by atoms with Crippen molar-refractivity contribution in [3.05, 3.63) is 23.1 Å². The summed E-state index contributed by atoms with van der Waals surface area (Å²) in [5, 5.41) is 1.23. The fourth-order valence-electron chi connectivity index (χ4n) is 1.64. The van der Waals surface area contributed by atoms with Crippen LogP contribution in [0.25, 0.3) is 4.83 Å². The fourth-order valence-corrected chi connectivity index (χ4v) is 2.73. The summed E-state index contributed by atoms with van der Waals surface area (Å²) in [6, 6.07) is 0. The summed E-state index contributed by atoms with van der Waals surface area (Å²) in [5.74, 6) is 0.143. The van der Waals surface area contributed by atoms with E-state index < -0.39 is 0 Å². The summed E-state index contributed by atoms with van der Waals surface area (Å²) in [6.45, 7) is 4.14. The molecule has 0 aromatic carbocycles. The Morgan fingerprint density at radius 3 is 2.88 bits per heavy atom. The van der Waals surface area contributed by atoms with Crippen LogP contribution < -0.4 is 0 Å². The number of carbonyl (C=O) groups excluding carboxylic acids is 1. The number of imidazole rings is 1. The first kappa shape index (κ1) is 12.1. The highest BCUT2D eigenvalue weighted by molar-refractivity contribution is 7.17. The Labute approximate surface area is 104 Å². The van der Waals surface area contributed by atoms with Gasteiger partial charge in [0.1, 0.15) is 16.9 Å². The minimum absolute atomic E-state index is 0.152. The number of rotatable bonds is 3. The molecule has 0 unspecified atom stereocenters. The molecule has 2 aromatic heterocycles. The van der Waals surface area contributed by atoms with Crippen molar-refractivity contribution in [3.8, 4) is 0 Å². The van der Waals surface area contributed by atoms with Crippen molar-refractivity contribution >= 4 is 22.1 Å². The molecule has 0 radical (unpaired) electrons. The minimum atomic E-state index is -0.152. The molecule has 0 aliphatic carbocycles. The third-order valence-electron chi connectivity index (χ3n) is 2.58. The number of nitrogens with zero attached hydrogens (tertiary/aromatic N) is 3. The van der Waals surface area contributed by atoms with Crippen LogP contribution in [0.15, 0.2) is 12.5 Å². The van der Waals surface area contributed by atoms with Crippen LogP contribution in [0.1, 0.15) is 35.1 Å². The van der Waals surface area contributed by atoms with Gasteiger partial charge in [-0.25, -0.2) is 10.0 Å². The van der Waals surface area contributed by atoms with Gasteiger partial charge < -0.3 is 0 Å². The minimum Gasteiger partial charge on any atom is -0.285 e. The molecular weight excluding hydrogens is 238 g/mol. The summed E-state index contributed by atoms with van der Waals surface area (Å²) in [6.07, 6.45) is 3.43. The van der Waals surface area contributed by atoms with Crippen LogP contribution >= 0.6 is 11.3 Å². The molecule has 0 N–H and O–H groups in total. The van der Waals surface area contributed by atoms with Crippen LogP contribution in [0.4, 0.5) is 0 Å². The Hall–Kier alpha value is -1.40. The van der Waals surface area contributed by atoms with E-state index in [1.807, 2.05) is 4.40 Å². The third-order valence-corrected chi connectivity index (χ3v) is 3.98. The summed E-state index contributed by atoms with van der Waals surface area (Å²) in [5.41, 5.74) is 0.641. The summed E-state index contributed by atoms with van der Waals surface area (Å²) in [4.78, 5) is 23.3. The highest BCUT2D eigenvalue weighted by Crippen LogP contribution is 2.30. The molecule has 6 heteroatoms. The van der Waals surface area contributed by atoms with Crippen LogP contribution in [0.2, 0.25) is 0 Å². The Bertz CT molecular complexity index is 544. The van der Waals surface area contributed by atoms with Crippen LogP contribution in [-0.2, 0) is 4.84 Å². The van der Waals surface area contributed by atoms with Crippen molar-refractivity contribution in [3.63, 3.8) is 0 Å². The topological polar surface area (TPSA) is 46.8 Å². The van der Waals surface area contributed by atoms with E-state index in [0.717, 1.165) is 9.71 Å². The van der Waals surface area contributed by atoms with E-state index in [1.165, 1.54) is 12.2 Å². The van der Waals surface area contributed by atoms with Crippen molar-refractivity contribution < 1.29 is 9.63 Å². The fraction of sp³-hybridized carbons (Fsp3) is 0.455. The van der Waals surface area contributed by atoms with Crippen LogP contribution in [0.3, 0.4) is 0 Å². The second-order valence-electron chi connectivity index (χ2n) is 4.06. The van der Waals surface area contributed by atoms with Crippen LogP contribution in [-0.4, -0.2) is 34.5 Å². The molecular formula is C11H15N3O2S. The number of amides is 1. The summed E-state index contributed by atoms with van der Waals surface area (Å²) < 4.78 is 1.82. The second kappa shape index (κ2) is 4.46. The normalized spacial score (nSPS) is 11.4. The average molecular weight is 253 g/mol. The number of hydrogen-bond donors (Lipinski definition) is 0. The van der Waals surface area contributed by atoms with E-state index in [0.29, 0.717) is 11.6 Å². The van der Waals surface area contributed by atoms with Gasteiger partial charge in [0.05, 0.1) is 13.3 Å². The Morgan fingerprint density at radius 2 is 2.29 bits per heavy atom. The molecule has 17 heavy (non-hydrogen) atoms. The predicted molar refractivity (Wildman–Crippen MR) is 66.3 cm³/mol. The first-order valence-corrected chi connectivity index (χ1v) is 6.14. The molecule has 0 spiro atoms. The molecule has 5 nitrogen and oxygen atoms in total. The lowest BCUT2D eigenvalue weighted by molar-refractivity contribution is -0.0761. The molecule has 0 atom stereocenters. The molecule has 2 aromatic rings. The lowest BCUT2D eigenvalue weighted by atomic mass is 10.1. The van der Waals surface area contributed by atoms with E-state index in [-0.39, 0.29) is 5.91 Å². The van der Waals surface area contributed by atoms with E-state index in [9.17, 15) is 4.79 Å². The number of aromatic nitrogens is 2. The van der Waals surface area contributed by atoms with Crippen molar-refractivity contribution in [1.82, 2.24) is 14.4 Å². The number of carbonyl (C=O) groups is 1. The van der Waals surface area contributed by atoms with E-state index in [4.69, 9.17) is 4.84 Å². The summed E-state index contributed by atoms with van der Waals surface area (Å²) in [7, 11) is 3.08. The maximum atomic E-state index is 12.2. The van der Waals surface area contributed by atoms with Gasteiger partial charge >= 0.3 is 0 Å². The predicted octanol–water partition coefficient (Wildman–Crippen LogP) is 2.15. The van der Waals surface area contributed by atoms with E-state index >= 15 is 0 Å². The van der Waals surface area contributed by atoms with Crippen LogP contribution in [0, 0.1) is 0 Å². The molecule has 0 saturated carbocycles. The van der Waals surface area contributed by atoms with Gasteiger partial charge in [-0.3, -0.25) is 14.0 Å². The quantitative estimate of drug-likeness (QED) is 0.787. The third kappa shape index (κ3) is 1.94.